The van der Waals surface area contributed by atoms with Crippen molar-refractivity contribution in [3.8, 4) is 22.8 Å². The van der Waals surface area contributed by atoms with Crippen molar-refractivity contribution >= 4 is 45.1 Å². The van der Waals surface area contributed by atoms with E-state index in [9.17, 15) is 9.59 Å². The van der Waals surface area contributed by atoms with Crippen LogP contribution in [0.4, 0.5) is 5.69 Å². The number of fused-ring (bicyclic) bond motifs is 2. The Labute approximate surface area is 204 Å². The second kappa shape index (κ2) is 9.86. The van der Waals surface area contributed by atoms with Crippen molar-refractivity contribution in [2.45, 2.75) is 25.0 Å². The molecule has 34 heavy (non-hydrogen) atoms. The molecular weight excluding hydrogens is 472 g/mol. The quantitative estimate of drug-likeness (QED) is 0.300. The van der Waals surface area contributed by atoms with Gasteiger partial charge in [0.2, 0.25) is 5.91 Å². The first-order valence-corrected chi connectivity index (χ1v) is 12.7. The number of hydrogen-bond acceptors (Lipinski definition) is 8. The topological polar surface area (TPSA) is 95.3 Å². The molecule has 174 valence electrons. The van der Waals surface area contributed by atoms with E-state index in [0.29, 0.717) is 58.0 Å². The Morgan fingerprint density at radius 3 is 2.74 bits per heavy atom. The van der Waals surface area contributed by atoms with Crippen LogP contribution in [-0.2, 0) is 11.3 Å². The van der Waals surface area contributed by atoms with E-state index in [4.69, 9.17) is 14.5 Å². The van der Waals surface area contributed by atoms with E-state index in [1.54, 1.807) is 22.8 Å². The van der Waals surface area contributed by atoms with Crippen molar-refractivity contribution in [3.63, 3.8) is 0 Å². The highest BCUT2D eigenvalue weighted by atomic mass is 32.2. The first-order valence-electron chi connectivity index (χ1n) is 10.9. The highest BCUT2D eigenvalue weighted by Gasteiger charge is 2.19. The van der Waals surface area contributed by atoms with Crippen LogP contribution in [0.2, 0.25) is 0 Å². The van der Waals surface area contributed by atoms with Crippen molar-refractivity contribution in [2.75, 3.05) is 24.3 Å². The molecule has 4 aromatic rings. The largest absolute Gasteiger partial charge is 0.486 e. The van der Waals surface area contributed by atoms with Crippen LogP contribution in [0.15, 0.2) is 58.5 Å². The zero-order chi connectivity index (χ0) is 23.5. The monoisotopic (exact) mass is 494 g/mol. The van der Waals surface area contributed by atoms with Gasteiger partial charge in [0.15, 0.2) is 16.7 Å². The molecule has 8 nitrogen and oxygen atoms in total. The minimum absolute atomic E-state index is 0.105. The maximum absolute atomic E-state index is 13.2. The van der Waals surface area contributed by atoms with Crippen molar-refractivity contribution in [1.29, 1.82) is 0 Å². The lowest BCUT2D eigenvalue weighted by Gasteiger charge is -2.19. The third kappa shape index (κ3) is 4.51. The predicted molar refractivity (Wildman–Crippen MR) is 134 cm³/mol. The number of nitrogens with one attached hydrogen (secondary N) is 1. The number of carbonyl (C=O) groups is 1. The maximum atomic E-state index is 13.2. The lowest BCUT2D eigenvalue weighted by atomic mass is 10.1. The van der Waals surface area contributed by atoms with E-state index in [1.165, 1.54) is 23.3 Å². The molecular formula is C24H22N4O4S2. The standard InChI is InChI=1S/C24H22N4O4S2/c1-2-10-28-23(30)22-21(20(27-34-22)15-6-4-3-5-7-15)26-24(28)33-14-19(29)25-16-8-9-17-18(13-16)32-12-11-31-17/h3-9,13H,2,10-12,14H2,1H3,(H,25,29). The molecule has 1 amide bonds. The van der Waals surface area contributed by atoms with Crippen LogP contribution in [0.5, 0.6) is 11.5 Å². The number of benzene rings is 2. The highest BCUT2D eigenvalue weighted by Crippen LogP contribution is 2.33. The molecule has 10 heteroatoms. The number of rotatable bonds is 7. The van der Waals surface area contributed by atoms with E-state index >= 15 is 0 Å². The van der Waals surface area contributed by atoms with Crippen molar-refractivity contribution in [3.05, 3.63) is 58.9 Å². The number of carbonyl (C=O) groups excluding carboxylic acids is 1. The molecule has 0 saturated heterocycles. The number of hydrogen-bond donors (Lipinski definition) is 1. The molecule has 0 atom stereocenters. The lowest BCUT2D eigenvalue weighted by molar-refractivity contribution is -0.113. The summed E-state index contributed by atoms with van der Waals surface area (Å²) in [7, 11) is 0. The normalized spacial score (nSPS) is 12.6. The molecule has 0 fully saturated rings. The Morgan fingerprint density at radius 1 is 1.15 bits per heavy atom. The van der Waals surface area contributed by atoms with Crippen molar-refractivity contribution in [2.24, 2.45) is 0 Å². The van der Waals surface area contributed by atoms with E-state index in [0.717, 1.165) is 12.0 Å². The Morgan fingerprint density at radius 2 is 1.94 bits per heavy atom. The van der Waals surface area contributed by atoms with Gasteiger partial charge in [-0.2, -0.15) is 4.37 Å². The van der Waals surface area contributed by atoms with E-state index in [1.807, 2.05) is 37.3 Å². The van der Waals surface area contributed by atoms with Gasteiger partial charge in [-0.15, -0.1) is 0 Å². The molecule has 1 aliphatic rings. The van der Waals surface area contributed by atoms with Crippen molar-refractivity contribution < 1.29 is 14.3 Å². The van der Waals surface area contributed by atoms with Crippen LogP contribution in [0.3, 0.4) is 0 Å². The molecule has 2 aromatic heterocycles. The number of nitrogens with zero attached hydrogens (tertiary/aromatic N) is 3. The third-order valence-corrected chi connectivity index (χ3v) is 7.00. The van der Waals surface area contributed by atoms with Crippen LogP contribution >= 0.6 is 23.3 Å². The van der Waals surface area contributed by atoms with Gasteiger partial charge in [0.25, 0.3) is 5.56 Å². The van der Waals surface area contributed by atoms with Gasteiger partial charge in [-0.25, -0.2) is 4.98 Å². The van der Waals surface area contributed by atoms with Crippen LogP contribution < -0.4 is 20.3 Å². The fourth-order valence-corrected chi connectivity index (χ4v) is 5.27. The van der Waals surface area contributed by atoms with Gasteiger partial charge in [0.05, 0.1) is 5.75 Å². The van der Waals surface area contributed by atoms with Gasteiger partial charge in [0, 0.05) is 23.9 Å². The SMILES string of the molecule is CCCn1c(SCC(=O)Nc2ccc3c(c2)OCCO3)nc2c(-c3ccccc3)nsc2c1=O. The molecule has 2 aromatic carbocycles. The number of anilines is 1. The summed E-state index contributed by atoms with van der Waals surface area (Å²) in [4.78, 5) is 30.7. The molecule has 3 heterocycles. The van der Waals surface area contributed by atoms with Crippen LogP contribution in [-0.4, -0.2) is 38.8 Å². The smallest absolute Gasteiger partial charge is 0.273 e. The number of ether oxygens (including phenoxy) is 2. The number of aromatic nitrogens is 3. The Hall–Kier alpha value is -3.37. The average molecular weight is 495 g/mol. The number of thioether (sulfide) groups is 1. The fourth-order valence-electron chi connectivity index (χ4n) is 3.66. The van der Waals surface area contributed by atoms with Crippen LogP contribution in [0.1, 0.15) is 13.3 Å². The molecule has 0 unspecified atom stereocenters. The van der Waals surface area contributed by atoms with E-state index in [2.05, 4.69) is 9.69 Å². The third-order valence-electron chi connectivity index (χ3n) is 5.20. The highest BCUT2D eigenvalue weighted by molar-refractivity contribution is 7.99. The van der Waals surface area contributed by atoms with E-state index < -0.39 is 0 Å². The molecule has 5 rings (SSSR count). The Kier molecular flexibility index (Phi) is 6.50. The van der Waals surface area contributed by atoms with Gasteiger partial charge < -0.3 is 14.8 Å². The van der Waals surface area contributed by atoms with E-state index in [-0.39, 0.29) is 17.2 Å². The second-order valence-electron chi connectivity index (χ2n) is 7.62. The average Bonchev–Trinajstić information content (AvgIpc) is 3.29. The zero-order valence-electron chi connectivity index (χ0n) is 18.4. The minimum Gasteiger partial charge on any atom is -0.486 e. The zero-order valence-corrected chi connectivity index (χ0v) is 20.1. The molecule has 1 N–H and O–H groups in total. The molecule has 1 aliphatic heterocycles. The van der Waals surface area contributed by atoms with Gasteiger partial charge >= 0.3 is 0 Å². The first kappa shape index (κ1) is 22.4. The summed E-state index contributed by atoms with van der Waals surface area (Å²) < 4.78 is 17.8. The molecule has 0 aliphatic carbocycles. The van der Waals surface area contributed by atoms with Gasteiger partial charge in [-0.05, 0) is 30.1 Å². The van der Waals surface area contributed by atoms with Gasteiger partial charge in [0.1, 0.15) is 29.1 Å². The summed E-state index contributed by atoms with van der Waals surface area (Å²) in [6.07, 6.45) is 0.772. The fraction of sp³-hybridized carbons (Fsp3) is 0.250. The molecule has 0 radical (unpaired) electrons. The summed E-state index contributed by atoms with van der Waals surface area (Å²) in [5.74, 6) is 1.18. The minimum atomic E-state index is -0.203. The second-order valence-corrected chi connectivity index (χ2v) is 9.34. The molecule has 0 bridgehead atoms. The molecule has 0 saturated carbocycles. The summed E-state index contributed by atoms with van der Waals surface area (Å²) in [5.41, 5.74) is 2.66. The predicted octanol–water partition coefficient (Wildman–Crippen LogP) is 4.43. The van der Waals surface area contributed by atoms with Crippen LogP contribution in [0.25, 0.3) is 21.5 Å². The summed E-state index contributed by atoms with van der Waals surface area (Å²) >= 11 is 2.41. The van der Waals surface area contributed by atoms with Gasteiger partial charge in [-0.3, -0.25) is 14.2 Å². The summed E-state index contributed by atoms with van der Waals surface area (Å²) in [6, 6.07) is 15.0. The van der Waals surface area contributed by atoms with Gasteiger partial charge in [-0.1, -0.05) is 49.0 Å². The summed E-state index contributed by atoms with van der Waals surface area (Å²) in [5, 5.41) is 3.39. The number of amides is 1. The Balaban J connectivity index is 1.39. The Bertz CT molecular complexity index is 1400. The summed E-state index contributed by atoms with van der Waals surface area (Å²) in [6.45, 7) is 3.51. The van der Waals surface area contributed by atoms with Crippen LogP contribution in [0, 0.1) is 0 Å². The maximum Gasteiger partial charge on any atom is 0.273 e. The molecule has 0 spiro atoms. The first-order chi connectivity index (χ1) is 16.6. The lowest BCUT2D eigenvalue weighted by Crippen LogP contribution is -2.23. The van der Waals surface area contributed by atoms with Crippen molar-refractivity contribution in [1.82, 2.24) is 13.9 Å².